The Hall–Kier alpha value is -0.0400. The van der Waals surface area contributed by atoms with Crippen molar-refractivity contribution < 1.29 is 0 Å². The summed E-state index contributed by atoms with van der Waals surface area (Å²) in [4.78, 5) is 0. The molecule has 91 valence electrons. The molecular formula is C14H30N. The fourth-order valence-electron chi connectivity index (χ4n) is 2.01. The van der Waals surface area contributed by atoms with E-state index >= 15 is 0 Å². The summed E-state index contributed by atoms with van der Waals surface area (Å²) in [6.07, 6.45) is 7.93. The van der Waals surface area contributed by atoms with E-state index in [1.165, 1.54) is 38.5 Å². The topological polar surface area (TPSA) is 14.1 Å². The molecule has 0 aliphatic carbocycles. The fraction of sp³-hybridized carbons (Fsp3) is 1.00. The minimum Gasteiger partial charge on any atom is -0.242 e. The molecule has 0 saturated heterocycles. The third-order valence-corrected chi connectivity index (χ3v) is 3.12. The van der Waals surface area contributed by atoms with Crippen LogP contribution in [0.4, 0.5) is 0 Å². The van der Waals surface area contributed by atoms with E-state index in [0.29, 0.717) is 0 Å². The monoisotopic (exact) mass is 212 g/mol. The van der Waals surface area contributed by atoms with Gasteiger partial charge in [-0.25, -0.2) is 5.32 Å². The van der Waals surface area contributed by atoms with Gasteiger partial charge >= 0.3 is 0 Å². The van der Waals surface area contributed by atoms with Gasteiger partial charge in [0.05, 0.1) is 0 Å². The van der Waals surface area contributed by atoms with Crippen molar-refractivity contribution in [2.75, 3.05) is 13.1 Å². The average Bonchev–Trinajstić information content (AvgIpc) is 2.18. The van der Waals surface area contributed by atoms with Gasteiger partial charge in [-0.2, -0.15) is 0 Å². The van der Waals surface area contributed by atoms with E-state index < -0.39 is 0 Å². The van der Waals surface area contributed by atoms with Crippen molar-refractivity contribution >= 4 is 0 Å². The van der Waals surface area contributed by atoms with Crippen molar-refractivity contribution in [3.63, 3.8) is 0 Å². The Morgan fingerprint density at radius 3 is 1.47 bits per heavy atom. The summed E-state index contributed by atoms with van der Waals surface area (Å²) in [6.45, 7) is 11.4. The van der Waals surface area contributed by atoms with Crippen LogP contribution in [0, 0.1) is 11.8 Å². The minimum atomic E-state index is 0.867. The highest BCUT2D eigenvalue weighted by Gasteiger charge is 2.02. The lowest BCUT2D eigenvalue weighted by Gasteiger charge is -2.11. The summed E-state index contributed by atoms with van der Waals surface area (Å²) in [7, 11) is 0. The van der Waals surface area contributed by atoms with Crippen LogP contribution in [0.2, 0.25) is 0 Å². The quantitative estimate of drug-likeness (QED) is 0.481. The van der Waals surface area contributed by atoms with Crippen molar-refractivity contribution in [3.05, 3.63) is 0 Å². The minimum absolute atomic E-state index is 0.867. The Balaban J connectivity index is 3.17. The maximum atomic E-state index is 4.62. The van der Waals surface area contributed by atoms with E-state index in [2.05, 4.69) is 33.0 Å². The first-order chi connectivity index (χ1) is 7.20. The van der Waals surface area contributed by atoms with Crippen LogP contribution in [-0.4, -0.2) is 13.1 Å². The maximum Gasteiger partial charge on any atom is 0.0135 e. The highest BCUT2D eigenvalue weighted by molar-refractivity contribution is 4.58. The van der Waals surface area contributed by atoms with E-state index in [9.17, 15) is 0 Å². The number of rotatable bonds is 10. The summed E-state index contributed by atoms with van der Waals surface area (Å²) in [5.41, 5.74) is 0. The third-order valence-electron chi connectivity index (χ3n) is 3.12. The highest BCUT2D eigenvalue weighted by Crippen LogP contribution is 2.10. The van der Waals surface area contributed by atoms with E-state index in [0.717, 1.165) is 24.9 Å². The standard InChI is InChI=1S/C14H30N/c1-5-7-13(3)9-11-15-12-10-14(4)8-6-2/h13-14H,5-12H2,1-4H3. The highest BCUT2D eigenvalue weighted by atomic mass is 14.8. The van der Waals surface area contributed by atoms with Gasteiger partial charge in [-0.15, -0.1) is 0 Å². The largest absolute Gasteiger partial charge is 0.242 e. The molecule has 15 heavy (non-hydrogen) atoms. The summed E-state index contributed by atoms with van der Waals surface area (Å²) in [5.74, 6) is 1.73. The summed E-state index contributed by atoms with van der Waals surface area (Å²) >= 11 is 0. The first kappa shape index (κ1) is 15.0. The van der Waals surface area contributed by atoms with E-state index in [1.54, 1.807) is 0 Å². The van der Waals surface area contributed by atoms with Crippen LogP contribution in [0.15, 0.2) is 0 Å². The molecule has 0 spiro atoms. The predicted molar refractivity (Wildman–Crippen MR) is 69.2 cm³/mol. The Kier molecular flexibility index (Phi) is 10.4. The zero-order chi connectivity index (χ0) is 11.5. The molecule has 2 unspecified atom stereocenters. The van der Waals surface area contributed by atoms with Crippen molar-refractivity contribution in [3.8, 4) is 0 Å². The van der Waals surface area contributed by atoms with Gasteiger partial charge in [0.25, 0.3) is 0 Å². The smallest absolute Gasteiger partial charge is 0.0135 e. The molecule has 0 aliphatic heterocycles. The SMILES string of the molecule is CCCC(C)CC[N]CCC(C)CCC. The number of hydrogen-bond acceptors (Lipinski definition) is 0. The van der Waals surface area contributed by atoms with Crippen LogP contribution in [0.5, 0.6) is 0 Å². The van der Waals surface area contributed by atoms with Crippen molar-refractivity contribution in [1.82, 2.24) is 5.32 Å². The Labute approximate surface area is 97.0 Å². The molecule has 0 fully saturated rings. The maximum absolute atomic E-state index is 4.62. The van der Waals surface area contributed by atoms with E-state index in [-0.39, 0.29) is 0 Å². The molecule has 1 heteroatoms. The summed E-state index contributed by atoms with van der Waals surface area (Å²) in [5, 5.41) is 4.62. The second kappa shape index (κ2) is 10.5. The van der Waals surface area contributed by atoms with Gasteiger partial charge < -0.3 is 0 Å². The lowest BCUT2D eigenvalue weighted by atomic mass is 10.0. The summed E-state index contributed by atoms with van der Waals surface area (Å²) < 4.78 is 0. The fourth-order valence-corrected chi connectivity index (χ4v) is 2.01. The van der Waals surface area contributed by atoms with E-state index in [4.69, 9.17) is 0 Å². The second-order valence-electron chi connectivity index (χ2n) is 5.04. The third kappa shape index (κ3) is 10.2. The van der Waals surface area contributed by atoms with Gasteiger partial charge in [-0.3, -0.25) is 0 Å². The molecule has 0 aromatic carbocycles. The molecule has 2 atom stereocenters. The lowest BCUT2D eigenvalue weighted by molar-refractivity contribution is 0.430. The Morgan fingerprint density at radius 1 is 0.733 bits per heavy atom. The first-order valence-electron chi connectivity index (χ1n) is 6.83. The van der Waals surface area contributed by atoms with Gasteiger partial charge in [0, 0.05) is 13.1 Å². The molecule has 1 nitrogen and oxygen atoms in total. The number of hydrogen-bond donors (Lipinski definition) is 0. The molecule has 0 heterocycles. The first-order valence-corrected chi connectivity index (χ1v) is 6.83. The Bertz CT molecular complexity index is 109. The van der Waals surface area contributed by atoms with Gasteiger partial charge in [-0.1, -0.05) is 53.4 Å². The molecule has 0 saturated carbocycles. The predicted octanol–water partition coefficient (Wildman–Crippen LogP) is 4.24. The van der Waals surface area contributed by atoms with Gasteiger partial charge in [0.1, 0.15) is 0 Å². The molecule has 0 N–H and O–H groups in total. The lowest BCUT2D eigenvalue weighted by Crippen LogP contribution is -2.13. The molecule has 0 aromatic rings. The van der Waals surface area contributed by atoms with Crippen molar-refractivity contribution in [2.24, 2.45) is 11.8 Å². The molecule has 0 bridgehead atoms. The van der Waals surface area contributed by atoms with Gasteiger partial charge in [0.15, 0.2) is 0 Å². The zero-order valence-corrected chi connectivity index (χ0v) is 11.3. The average molecular weight is 212 g/mol. The van der Waals surface area contributed by atoms with Crippen LogP contribution in [0.25, 0.3) is 0 Å². The second-order valence-corrected chi connectivity index (χ2v) is 5.04. The van der Waals surface area contributed by atoms with E-state index in [1.807, 2.05) is 0 Å². The van der Waals surface area contributed by atoms with Crippen LogP contribution in [-0.2, 0) is 0 Å². The zero-order valence-electron chi connectivity index (χ0n) is 11.3. The van der Waals surface area contributed by atoms with Crippen LogP contribution in [0.1, 0.15) is 66.2 Å². The van der Waals surface area contributed by atoms with Crippen LogP contribution < -0.4 is 5.32 Å². The van der Waals surface area contributed by atoms with Gasteiger partial charge in [-0.05, 0) is 24.7 Å². The normalized spacial score (nSPS) is 15.2. The molecule has 0 rings (SSSR count). The molecular weight excluding hydrogens is 182 g/mol. The number of nitrogens with zero attached hydrogens (tertiary/aromatic N) is 1. The molecule has 0 aromatic heterocycles. The Morgan fingerprint density at radius 2 is 1.13 bits per heavy atom. The molecule has 0 aliphatic rings. The summed E-state index contributed by atoms with van der Waals surface area (Å²) in [6, 6.07) is 0. The van der Waals surface area contributed by atoms with Gasteiger partial charge in [0.2, 0.25) is 0 Å². The molecule has 0 amide bonds. The van der Waals surface area contributed by atoms with Crippen LogP contribution in [0.3, 0.4) is 0 Å². The van der Waals surface area contributed by atoms with Crippen molar-refractivity contribution in [2.45, 2.75) is 66.2 Å². The molecule has 1 radical (unpaired) electrons. The van der Waals surface area contributed by atoms with Crippen molar-refractivity contribution in [1.29, 1.82) is 0 Å². The van der Waals surface area contributed by atoms with Crippen LogP contribution >= 0.6 is 0 Å².